The molecule has 0 bridgehead atoms. The van der Waals surface area contributed by atoms with Crippen LogP contribution in [0.1, 0.15) is 22.9 Å². The van der Waals surface area contributed by atoms with Gasteiger partial charge in [-0.2, -0.15) is 0 Å². The summed E-state index contributed by atoms with van der Waals surface area (Å²) in [5, 5.41) is 7.64. The van der Waals surface area contributed by atoms with E-state index < -0.39 is 23.4 Å². The number of urea groups is 1. The Balaban J connectivity index is 1.21. The maximum absolute atomic E-state index is 13.1. The third-order valence-electron chi connectivity index (χ3n) is 6.57. The van der Waals surface area contributed by atoms with Gasteiger partial charge >= 0.3 is 6.03 Å². The summed E-state index contributed by atoms with van der Waals surface area (Å²) in [4.78, 5) is 43.0. The first-order valence-electron chi connectivity index (χ1n) is 11.4. The lowest BCUT2D eigenvalue weighted by Crippen LogP contribution is -2.42. The van der Waals surface area contributed by atoms with Gasteiger partial charge in [0.05, 0.1) is 7.11 Å². The Morgan fingerprint density at radius 3 is 2.57 bits per heavy atom. The molecule has 0 saturated carbocycles. The van der Waals surface area contributed by atoms with Crippen molar-refractivity contribution in [3.63, 3.8) is 0 Å². The molecule has 1 fully saturated rings. The molecule has 0 spiro atoms. The zero-order valence-corrected chi connectivity index (χ0v) is 20.4. The molecule has 4 amide bonds. The maximum atomic E-state index is 13.1. The van der Waals surface area contributed by atoms with Crippen LogP contribution < -0.4 is 20.3 Å². The fraction of sp³-hybridized carbons (Fsp3) is 0.269. The Labute approximate surface area is 207 Å². The van der Waals surface area contributed by atoms with E-state index in [1.165, 1.54) is 10.4 Å². The van der Waals surface area contributed by atoms with Crippen LogP contribution in [0, 0.1) is 0 Å². The van der Waals surface area contributed by atoms with E-state index in [9.17, 15) is 14.4 Å². The van der Waals surface area contributed by atoms with Crippen LogP contribution in [0.25, 0.3) is 0 Å². The topological polar surface area (TPSA) is 91.0 Å². The van der Waals surface area contributed by atoms with Crippen molar-refractivity contribution in [1.82, 2.24) is 10.2 Å². The molecule has 2 aliphatic heterocycles. The predicted octanol–water partition coefficient (Wildman–Crippen LogP) is 3.73. The van der Waals surface area contributed by atoms with Crippen LogP contribution in [0.15, 0.2) is 60.0 Å². The number of ether oxygens (including phenoxy) is 1. The molecule has 0 radical (unpaired) electrons. The number of hydrogen-bond donors (Lipinski definition) is 2. The van der Waals surface area contributed by atoms with Gasteiger partial charge in [-0.1, -0.05) is 12.1 Å². The first kappa shape index (κ1) is 22.9. The number of amides is 4. The highest BCUT2D eigenvalue weighted by Crippen LogP contribution is 2.31. The smallest absolute Gasteiger partial charge is 0.325 e. The molecule has 3 heterocycles. The zero-order chi connectivity index (χ0) is 24.6. The van der Waals surface area contributed by atoms with Crippen molar-refractivity contribution in [3.8, 4) is 5.75 Å². The number of benzene rings is 2. The summed E-state index contributed by atoms with van der Waals surface area (Å²) >= 11 is 1.81. The highest BCUT2D eigenvalue weighted by Gasteiger charge is 2.49. The van der Waals surface area contributed by atoms with E-state index in [0.717, 1.165) is 30.1 Å². The minimum atomic E-state index is -1.25. The maximum Gasteiger partial charge on any atom is 0.325 e. The quantitative estimate of drug-likeness (QED) is 0.514. The minimum Gasteiger partial charge on any atom is -0.497 e. The molecule has 35 heavy (non-hydrogen) atoms. The van der Waals surface area contributed by atoms with Crippen molar-refractivity contribution in [2.75, 3.05) is 30.4 Å². The molecule has 1 atom stereocenters. The van der Waals surface area contributed by atoms with E-state index in [1.54, 1.807) is 38.3 Å². The second-order valence-electron chi connectivity index (χ2n) is 8.81. The van der Waals surface area contributed by atoms with E-state index in [0.29, 0.717) is 17.0 Å². The third-order valence-corrected chi connectivity index (χ3v) is 7.59. The highest BCUT2D eigenvalue weighted by molar-refractivity contribution is 7.10. The number of carbonyl (C=O) groups is 3. The van der Waals surface area contributed by atoms with Gasteiger partial charge < -0.3 is 20.3 Å². The van der Waals surface area contributed by atoms with Crippen LogP contribution in [0.4, 0.5) is 16.2 Å². The Hall–Kier alpha value is -3.85. The second-order valence-corrected chi connectivity index (χ2v) is 9.81. The Morgan fingerprint density at radius 1 is 1.11 bits per heavy atom. The number of methoxy groups -OCH3 is 1. The number of fused-ring (bicyclic) bond motifs is 1. The lowest BCUT2D eigenvalue weighted by atomic mass is 9.92. The predicted molar refractivity (Wildman–Crippen MR) is 135 cm³/mol. The normalized spacial score (nSPS) is 19.4. The average molecular weight is 491 g/mol. The number of hydrogen-bond acceptors (Lipinski definition) is 6. The van der Waals surface area contributed by atoms with E-state index in [1.807, 2.05) is 35.6 Å². The first-order chi connectivity index (χ1) is 16.9. The molecule has 1 unspecified atom stereocenters. The third kappa shape index (κ3) is 4.35. The molecular weight excluding hydrogens is 464 g/mol. The average Bonchev–Trinajstić information content (AvgIpc) is 3.43. The Kier molecular flexibility index (Phi) is 5.94. The van der Waals surface area contributed by atoms with Crippen LogP contribution in [0.2, 0.25) is 0 Å². The van der Waals surface area contributed by atoms with Gasteiger partial charge in [-0.15, -0.1) is 11.3 Å². The monoisotopic (exact) mass is 490 g/mol. The standard InChI is InChI=1S/C26H26N4O4S/c1-26(18-3-9-21(34-2)10-4-18)24(32)30(25(33)28-26)16-23(31)27-19-5-7-20(8-6-19)29-13-11-22-17(15-29)12-14-35-22/h3-10,12,14H,11,13,15-16H2,1-2H3,(H,27,31)(H,28,33). The molecular formula is C26H26N4O4S. The fourth-order valence-electron chi connectivity index (χ4n) is 4.53. The number of nitrogens with zero attached hydrogens (tertiary/aromatic N) is 2. The van der Waals surface area contributed by atoms with Crippen LogP contribution in [-0.2, 0) is 28.1 Å². The minimum absolute atomic E-state index is 0.370. The summed E-state index contributed by atoms with van der Waals surface area (Å²) in [6, 6.07) is 16.1. The van der Waals surface area contributed by atoms with Crippen LogP contribution in [-0.4, -0.2) is 42.9 Å². The van der Waals surface area contributed by atoms with Gasteiger partial charge in [0, 0.05) is 29.3 Å². The largest absolute Gasteiger partial charge is 0.497 e. The molecule has 2 N–H and O–H groups in total. The summed E-state index contributed by atoms with van der Waals surface area (Å²) in [6.45, 7) is 3.10. The fourth-order valence-corrected chi connectivity index (χ4v) is 5.42. The summed E-state index contributed by atoms with van der Waals surface area (Å²) < 4.78 is 5.16. The van der Waals surface area contributed by atoms with Gasteiger partial charge in [0.15, 0.2) is 0 Å². The van der Waals surface area contributed by atoms with Crippen LogP contribution in [0.3, 0.4) is 0 Å². The van der Waals surface area contributed by atoms with Gasteiger partial charge in [-0.25, -0.2) is 4.79 Å². The van der Waals surface area contributed by atoms with Crippen molar-refractivity contribution >= 4 is 40.6 Å². The van der Waals surface area contributed by atoms with E-state index >= 15 is 0 Å². The number of rotatable bonds is 6. The second kappa shape index (κ2) is 9.07. The lowest BCUT2D eigenvalue weighted by molar-refractivity contribution is -0.133. The molecule has 3 aromatic rings. The van der Waals surface area contributed by atoms with Crippen LogP contribution in [0.5, 0.6) is 5.75 Å². The number of nitrogens with one attached hydrogen (secondary N) is 2. The molecule has 0 aliphatic carbocycles. The number of imide groups is 1. The van der Waals surface area contributed by atoms with Gasteiger partial charge in [0.25, 0.3) is 5.91 Å². The molecule has 2 aromatic carbocycles. The van der Waals surface area contributed by atoms with Gasteiger partial charge in [0.1, 0.15) is 17.8 Å². The summed E-state index contributed by atoms with van der Waals surface area (Å²) in [5.74, 6) is -0.273. The molecule has 1 saturated heterocycles. The molecule has 1 aromatic heterocycles. The van der Waals surface area contributed by atoms with E-state index in [4.69, 9.17) is 4.74 Å². The van der Waals surface area contributed by atoms with Gasteiger partial charge in [0.2, 0.25) is 5.91 Å². The molecule has 8 nitrogen and oxygen atoms in total. The van der Waals surface area contributed by atoms with Crippen molar-refractivity contribution in [2.45, 2.75) is 25.4 Å². The first-order valence-corrected chi connectivity index (χ1v) is 12.2. The zero-order valence-electron chi connectivity index (χ0n) is 19.5. The van der Waals surface area contributed by atoms with Crippen molar-refractivity contribution in [2.24, 2.45) is 0 Å². The molecule has 9 heteroatoms. The van der Waals surface area contributed by atoms with Crippen molar-refractivity contribution in [1.29, 1.82) is 0 Å². The number of anilines is 2. The van der Waals surface area contributed by atoms with Crippen molar-refractivity contribution in [3.05, 3.63) is 76.0 Å². The number of thiophene rings is 1. The lowest BCUT2D eigenvalue weighted by Gasteiger charge is -2.29. The summed E-state index contributed by atoms with van der Waals surface area (Å²) in [5.41, 5.74) is 2.43. The van der Waals surface area contributed by atoms with Crippen LogP contribution >= 0.6 is 11.3 Å². The van der Waals surface area contributed by atoms with Crippen molar-refractivity contribution < 1.29 is 19.1 Å². The Morgan fingerprint density at radius 2 is 1.86 bits per heavy atom. The SMILES string of the molecule is COc1ccc(C2(C)NC(=O)N(CC(=O)Nc3ccc(N4CCc5sccc5C4)cc3)C2=O)cc1. The number of carbonyl (C=O) groups excluding carboxylic acids is 3. The molecule has 2 aliphatic rings. The molecule has 5 rings (SSSR count). The van der Waals surface area contributed by atoms with E-state index in [-0.39, 0.29) is 6.54 Å². The summed E-state index contributed by atoms with van der Waals surface area (Å²) in [7, 11) is 1.56. The van der Waals surface area contributed by atoms with Gasteiger partial charge in [-0.3, -0.25) is 14.5 Å². The Bertz CT molecular complexity index is 1270. The van der Waals surface area contributed by atoms with Gasteiger partial charge in [-0.05, 0) is 72.3 Å². The summed E-state index contributed by atoms with van der Waals surface area (Å²) in [6.07, 6.45) is 1.03. The molecule has 180 valence electrons. The highest BCUT2D eigenvalue weighted by atomic mass is 32.1. The van der Waals surface area contributed by atoms with E-state index in [2.05, 4.69) is 27.0 Å².